The van der Waals surface area contributed by atoms with Crippen LogP contribution in [0.25, 0.3) is 22.2 Å². The average Bonchev–Trinajstić information content (AvgIpc) is 3.12. The topological polar surface area (TPSA) is 110 Å². The molecular formula is C20H14F3N5O3S. The summed E-state index contributed by atoms with van der Waals surface area (Å²) in [5.74, 6) is -0.651. The summed E-state index contributed by atoms with van der Waals surface area (Å²) in [5, 5.41) is 12.4. The van der Waals surface area contributed by atoms with Gasteiger partial charge in [-0.25, -0.2) is 13.4 Å². The largest absolute Gasteiger partial charge is 0.416 e. The highest BCUT2D eigenvalue weighted by Crippen LogP contribution is 2.31. The molecule has 0 N–H and O–H groups in total. The second kappa shape index (κ2) is 7.45. The molecule has 0 saturated heterocycles. The fourth-order valence-corrected chi connectivity index (χ4v) is 4.41. The first-order valence-electron chi connectivity index (χ1n) is 9.27. The molecule has 0 aliphatic carbocycles. The third-order valence-electron chi connectivity index (χ3n) is 4.89. The first kappa shape index (κ1) is 21.5. The molecule has 0 atom stereocenters. The number of fused-ring (bicyclic) bond motifs is 2. The average molecular weight is 461 g/mol. The molecule has 0 spiro atoms. The highest BCUT2D eigenvalue weighted by Gasteiger charge is 2.31. The standard InChI is InChI=1S/C20H14F3N5O3S/c1-2-32(30,31)19-17(26-16-6-3-12(7-8-24)11-27(16)19)28-18(29)15-9-14(20(21,22)23)5-4-13(15)10-25-28/h3-6,9-11H,2,7H2,1H3. The lowest BCUT2D eigenvalue weighted by molar-refractivity contribution is -0.137. The number of alkyl halides is 3. The van der Waals surface area contributed by atoms with Gasteiger partial charge >= 0.3 is 6.18 Å². The molecule has 3 heterocycles. The monoisotopic (exact) mass is 461 g/mol. The summed E-state index contributed by atoms with van der Waals surface area (Å²) in [6, 6.07) is 7.69. The maximum Gasteiger partial charge on any atom is 0.416 e. The summed E-state index contributed by atoms with van der Waals surface area (Å²) < 4.78 is 67.1. The van der Waals surface area contributed by atoms with Crippen LogP contribution >= 0.6 is 0 Å². The van der Waals surface area contributed by atoms with Crippen molar-refractivity contribution in [3.8, 4) is 11.9 Å². The molecule has 8 nitrogen and oxygen atoms in total. The Hall–Kier alpha value is -3.72. The fraction of sp³-hybridized carbons (Fsp3) is 0.200. The molecular weight excluding hydrogens is 447 g/mol. The van der Waals surface area contributed by atoms with Crippen LogP contribution in [-0.2, 0) is 22.4 Å². The molecule has 3 aromatic heterocycles. The Morgan fingerprint density at radius 1 is 1.19 bits per heavy atom. The third-order valence-corrected chi connectivity index (χ3v) is 6.62. The van der Waals surface area contributed by atoms with E-state index >= 15 is 0 Å². The van der Waals surface area contributed by atoms with Crippen molar-refractivity contribution in [2.45, 2.75) is 24.5 Å². The molecule has 32 heavy (non-hydrogen) atoms. The van der Waals surface area contributed by atoms with E-state index in [1.807, 2.05) is 6.07 Å². The van der Waals surface area contributed by atoms with Crippen LogP contribution in [0, 0.1) is 11.3 Å². The van der Waals surface area contributed by atoms with Crippen molar-refractivity contribution in [2.75, 3.05) is 5.75 Å². The Bertz CT molecular complexity index is 1580. The smallest absolute Gasteiger partial charge is 0.288 e. The van der Waals surface area contributed by atoms with E-state index in [9.17, 15) is 26.4 Å². The van der Waals surface area contributed by atoms with Crippen LogP contribution in [0.15, 0.2) is 52.5 Å². The molecule has 12 heteroatoms. The van der Waals surface area contributed by atoms with E-state index in [4.69, 9.17) is 5.26 Å². The molecule has 164 valence electrons. The normalized spacial score (nSPS) is 12.3. The van der Waals surface area contributed by atoms with Crippen LogP contribution in [-0.4, -0.2) is 33.3 Å². The number of sulfone groups is 1. The number of imidazole rings is 1. The van der Waals surface area contributed by atoms with Crippen molar-refractivity contribution >= 4 is 26.3 Å². The van der Waals surface area contributed by atoms with E-state index in [1.54, 1.807) is 6.07 Å². The minimum atomic E-state index is -4.66. The molecule has 0 unspecified atom stereocenters. The Balaban J connectivity index is 2.07. The number of hydrogen-bond donors (Lipinski definition) is 0. The minimum Gasteiger partial charge on any atom is -0.288 e. The summed E-state index contributed by atoms with van der Waals surface area (Å²) in [4.78, 5) is 17.3. The van der Waals surface area contributed by atoms with Crippen molar-refractivity contribution < 1.29 is 21.6 Å². The Labute approximate surface area is 179 Å². The lowest BCUT2D eigenvalue weighted by Crippen LogP contribution is -2.24. The van der Waals surface area contributed by atoms with Crippen LogP contribution < -0.4 is 5.56 Å². The zero-order chi connectivity index (χ0) is 23.3. The van der Waals surface area contributed by atoms with Gasteiger partial charge in [0.05, 0.1) is 35.4 Å². The number of hydrogen-bond acceptors (Lipinski definition) is 6. The number of benzene rings is 1. The fourth-order valence-electron chi connectivity index (χ4n) is 3.28. The summed E-state index contributed by atoms with van der Waals surface area (Å²) in [5.41, 5.74) is -1.27. The number of nitriles is 1. The van der Waals surface area contributed by atoms with Crippen molar-refractivity contribution in [1.29, 1.82) is 5.26 Å². The predicted molar refractivity (Wildman–Crippen MR) is 108 cm³/mol. The van der Waals surface area contributed by atoms with Crippen LogP contribution in [0.4, 0.5) is 13.2 Å². The molecule has 0 amide bonds. The van der Waals surface area contributed by atoms with Crippen LogP contribution in [0.2, 0.25) is 0 Å². The first-order valence-corrected chi connectivity index (χ1v) is 10.9. The summed E-state index contributed by atoms with van der Waals surface area (Å²) in [6.45, 7) is 1.41. The van der Waals surface area contributed by atoms with Crippen molar-refractivity contribution in [3.63, 3.8) is 0 Å². The number of halogens is 3. The molecule has 0 saturated carbocycles. The van der Waals surface area contributed by atoms with Crippen LogP contribution in [0.3, 0.4) is 0 Å². The maximum atomic E-state index is 13.1. The van der Waals surface area contributed by atoms with E-state index in [2.05, 4.69) is 10.1 Å². The van der Waals surface area contributed by atoms with Crippen molar-refractivity contribution in [3.05, 3.63) is 64.2 Å². The molecule has 0 fully saturated rings. The van der Waals surface area contributed by atoms with Gasteiger partial charge in [-0.15, -0.1) is 0 Å². The minimum absolute atomic E-state index is 0.0173. The molecule has 0 bridgehead atoms. The van der Waals surface area contributed by atoms with Gasteiger partial charge in [-0.05, 0) is 23.8 Å². The summed E-state index contributed by atoms with van der Waals surface area (Å²) in [7, 11) is -3.96. The van der Waals surface area contributed by atoms with E-state index in [1.165, 1.54) is 29.8 Å². The lowest BCUT2D eigenvalue weighted by Gasteiger charge is -2.09. The Morgan fingerprint density at radius 3 is 2.59 bits per heavy atom. The Kier molecular flexibility index (Phi) is 5.01. The van der Waals surface area contributed by atoms with Gasteiger partial charge in [-0.2, -0.15) is 28.2 Å². The number of nitrogens with zero attached hydrogens (tertiary/aromatic N) is 5. The predicted octanol–water partition coefficient (Wildman–Crippen LogP) is 2.91. The summed E-state index contributed by atoms with van der Waals surface area (Å²) >= 11 is 0. The van der Waals surface area contributed by atoms with E-state index in [-0.39, 0.29) is 39.4 Å². The van der Waals surface area contributed by atoms with E-state index in [0.717, 1.165) is 12.1 Å². The third kappa shape index (κ3) is 3.50. The molecule has 0 aliphatic rings. The number of rotatable bonds is 4. The van der Waals surface area contributed by atoms with E-state index < -0.39 is 27.1 Å². The van der Waals surface area contributed by atoms with Gasteiger partial charge in [0, 0.05) is 11.6 Å². The number of pyridine rings is 1. The van der Waals surface area contributed by atoms with Gasteiger partial charge in [-0.1, -0.05) is 19.1 Å². The van der Waals surface area contributed by atoms with Gasteiger partial charge in [0.2, 0.25) is 0 Å². The number of aromatic nitrogens is 4. The zero-order valence-corrected chi connectivity index (χ0v) is 17.3. The molecule has 4 aromatic rings. The first-order chi connectivity index (χ1) is 15.1. The van der Waals surface area contributed by atoms with Crippen molar-refractivity contribution in [2.24, 2.45) is 0 Å². The van der Waals surface area contributed by atoms with Gasteiger partial charge in [0.25, 0.3) is 5.56 Å². The zero-order valence-electron chi connectivity index (χ0n) is 16.5. The second-order valence-corrected chi connectivity index (χ2v) is 9.10. The van der Waals surface area contributed by atoms with Crippen LogP contribution in [0.5, 0.6) is 0 Å². The van der Waals surface area contributed by atoms with E-state index in [0.29, 0.717) is 16.3 Å². The lowest BCUT2D eigenvalue weighted by atomic mass is 10.1. The highest BCUT2D eigenvalue weighted by atomic mass is 32.2. The molecule has 1 aromatic carbocycles. The van der Waals surface area contributed by atoms with Crippen LogP contribution in [0.1, 0.15) is 18.1 Å². The SMILES string of the molecule is CCS(=O)(=O)c1c(-n2ncc3ccc(C(F)(F)F)cc3c2=O)nc2ccc(CC#N)cn12. The van der Waals surface area contributed by atoms with Gasteiger partial charge in [0.1, 0.15) is 5.65 Å². The maximum absolute atomic E-state index is 13.1. The quantitative estimate of drug-likeness (QED) is 0.462. The molecule has 0 aliphatic heterocycles. The molecule has 4 rings (SSSR count). The van der Waals surface area contributed by atoms with Gasteiger partial charge < -0.3 is 0 Å². The van der Waals surface area contributed by atoms with Gasteiger partial charge in [-0.3, -0.25) is 9.20 Å². The molecule has 0 radical (unpaired) electrons. The Morgan fingerprint density at radius 2 is 1.94 bits per heavy atom. The second-order valence-electron chi connectivity index (χ2n) is 6.91. The summed E-state index contributed by atoms with van der Waals surface area (Å²) in [6.07, 6.45) is -2.05. The van der Waals surface area contributed by atoms with Crippen molar-refractivity contribution in [1.82, 2.24) is 19.2 Å². The highest BCUT2D eigenvalue weighted by molar-refractivity contribution is 7.91. The van der Waals surface area contributed by atoms with Gasteiger partial charge in [0.15, 0.2) is 20.7 Å².